The Morgan fingerprint density at radius 3 is 2.50 bits per heavy atom. The second-order valence-electron chi connectivity index (χ2n) is 7.99. The number of hydrogen-bond acceptors (Lipinski definition) is 5. The summed E-state index contributed by atoms with van der Waals surface area (Å²) in [6, 6.07) is 12.2. The molecule has 2 saturated heterocycles. The van der Waals surface area contributed by atoms with Crippen molar-refractivity contribution in [2.45, 2.75) is 30.4 Å². The molecule has 0 aromatic heterocycles. The zero-order chi connectivity index (χ0) is 22.6. The zero-order valence-corrected chi connectivity index (χ0v) is 18.6. The molecule has 32 heavy (non-hydrogen) atoms. The summed E-state index contributed by atoms with van der Waals surface area (Å²) in [7, 11) is -3.63. The van der Waals surface area contributed by atoms with Gasteiger partial charge in [-0.15, -0.1) is 0 Å². The number of carbonyl (C=O) groups is 1. The van der Waals surface area contributed by atoms with Gasteiger partial charge < -0.3 is 14.4 Å². The van der Waals surface area contributed by atoms with E-state index in [1.165, 1.54) is 40.7 Å². The van der Waals surface area contributed by atoms with Crippen LogP contribution in [-0.4, -0.2) is 69.1 Å². The minimum Gasteiger partial charge on any atom is -0.379 e. The molecular formula is C23H27FN2O5S. The van der Waals surface area contributed by atoms with Crippen LogP contribution in [0.1, 0.15) is 28.8 Å². The van der Waals surface area contributed by atoms with Gasteiger partial charge in [-0.25, -0.2) is 12.8 Å². The fraction of sp³-hybridized carbons (Fsp3) is 0.435. The van der Waals surface area contributed by atoms with Crippen LogP contribution in [0.15, 0.2) is 53.4 Å². The van der Waals surface area contributed by atoms with Gasteiger partial charge in [0.25, 0.3) is 5.91 Å². The summed E-state index contributed by atoms with van der Waals surface area (Å²) < 4.78 is 51.6. The molecule has 0 saturated carbocycles. The topological polar surface area (TPSA) is 76.2 Å². The van der Waals surface area contributed by atoms with Gasteiger partial charge in [-0.3, -0.25) is 4.79 Å². The quantitative estimate of drug-likeness (QED) is 0.632. The first-order chi connectivity index (χ1) is 15.4. The normalized spacial score (nSPS) is 19.7. The molecule has 2 aliphatic rings. The van der Waals surface area contributed by atoms with Gasteiger partial charge in [-0.1, -0.05) is 12.1 Å². The van der Waals surface area contributed by atoms with Crippen LogP contribution >= 0.6 is 0 Å². The van der Waals surface area contributed by atoms with Crippen molar-refractivity contribution in [1.29, 1.82) is 0 Å². The molecule has 9 heteroatoms. The lowest BCUT2D eigenvalue weighted by Gasteiger charge is -2.27. The first kappa shape index (κ1) is 22.8. The molecule has 0 aliphatic carbocycles. The van der Waals surface area contributed by atoms with Crippen molar-refractivity contribution in [3.8, 4) is 0 Å². The van der Waals surface area contributed by atoms with Gasteiger partial charge in [0.2, 0.25) is 10.0 Å². The molecule has 2 aliphatic heterocycles. The summed E-state index contributed by atoms with van der Waals surface area (Å²) in [5.74, 6) is -0.607. The van der Waals surface area contributed by atoms with Crippen LogP contribution in [-0.2, 0) is 26.0 Å². The van der Waals surface area contributed by atoms with Gasteiger partial charge in [0, 0.05) is 38.3 Å². The lowest BCUT2D eigenvalue weighted by Crippen LogP contribution is -2.40. The van der Waals surface area contributed by atoms with Gasteiger partial charge in [0.15, 0.2) is 0 Å². The fourth-order valence-corrected chi connectivity index (χ4v) is 5.41. The summed E-state index contributed by atoms with van der Waals surface area (Å²) >= 11 is 0. The van der Waals surface area contributed by atoms with E-state index in [2.05, 4.69) is 0 Å². The number of ether oxygens (including phenoxy) is 2. The first-order valence-corrected chi connectivity index (χ1v) is 12.2. The molecular weight excluding hydrogens is 435 g/mol. The zero-order valence-electron chi connectivity index (χ0n) is 17.8. The van der Waals surface area contributed by atoms with Crippen LogP contribution in [0.5, 0.6) is 0 Å². The number of morpholine rings is 1. The van der Waals surface area contributed by atoms with Crippen molar-refractivity contribution >= 4 is 15.9 Å². The third-order valence-electron chi connectivity index (χ3n) is 5.71. The summed E-state index contributed by atoms with van der Waals surface area (Å²) in [5, 5.41) is 0. The fourth-order valence-electron chi connectivity index (χ4n) is 4.00. The molecule has 2 aromatic carbocycles. The van der Waals surface area contributed by atoms with Gasteiger partial charge >= 0.3 is 0 Å². The Morgan fingerprint density at radius 1 is 1.09 bits per heavy atom. The van der Waals surface area contributed by atoms with E-state index in [9.17, 15) is 17.6 Å². The number of hydrogen-bond donors (Lipinski definition) is 0. The highest BCUT2D eigenvalue weighted by Crippen LogP contribution is 2.21. The van der Waals surface area contributed by atoms with E-state index in [-0.39, 0.29) is 29.3 Å². The van der Waals surface area contributed by atoms with E-state index in [0.29, 0.717) is 50.6 Å². The molecule has 1 atom stereocenters. The molecule has 4 rings (SSSR count). The van der Waals surface area contributed by atoms with Crippen molar-refractivity contribution in [1.82, 2.24) is 9.21 Å². The van der Waals surface area contributed by atoms with Gasteiger partial charge in [-0.2, -0.15) is 4.31 Å². The van der Waals surface area contributed by atoms with E-state index < -0.39 is 10.0 Å². The molecule has 7 nitrogen and oxygen atoms in total. The standard InChI is InChI=1S/C23H27FN2O5S/c24-20-4-1-3-18(15-20)16-25(17-21-5-2-12-31-21)23(27)19-6-8-22(9-7-19)32(28,29)26-10-13-30-14-11-26/h1,3-4,6-9,15,21H,2,5,10-14,16-17H2. The van der Waals surface area contributed by atoms with Gasteiger partial charge in [0.1, 0.15) is 5.82 Å². The number of nitrogens with zero attached hydrogens (tertiary/aromatic N) is 2. The molecule has 0 bridgehead atoms. The van der Waals surface area contributed by atoms with Crippen LogP contribution in [0, 0.1) is 5.82 Å². The largest absolute Gasteiger partial charge is 0.379 e. The lowest BCUT2D eigenvalue weighted by atomic mass is 10.1. The lowest BCUT2D eigenvalue weighted by molar-refractivity contribution is 0.0507. The van der Waals surface area contributed by atoms with E-state index in [1.807, 2.05) is 0 Å². The van der Waals surface area contributed by atoms with Gasteiger partial charge in [0.05, 0.1) is 24.2 Å². The third-order valence-corrected chi connectivity index (χ3v) is 7.62. The first-order valence-electron chi connectivity index (χ1n) is 10.8. The molecule has 0 spiro atoms. The maximum Gasteiger partial charge on any atom is 0.254 e. The number of amides is 1. The Morgan fingerprint density at radius 2 is 1.84 bits per heavy atom. The summed E-state index contributed by atoms with van der Waals surface area (Å²) in [6.07, 6.45) is 1.75. The second-order valence-corrected chi connectivity index (χ2v) is 9.93. The number of rotatable bonds is 7. The number of carbonyl (C=O) groups excluding carboxylic acids is 1. The SMILES string of the molecule is O=C(c1ccc(S(=O)(=O)N2CCOCC2)cc1)N(Cc1cccc(F)c1)CC1CCCO1. The van der Waals surface area contributed by atoms with Crippen molar-refractivity contribution in [3.05, 3.63) is 65.5 Å². The molecule has 2 fully saturated rings. The van der Waals surface area contributed by atoms with E-state index in [1.54, 1.807) is 17.0 Å². The van der Waals surface area contributed by atoms with Gasteiger partial charge in [-0.05, 0) is 54.8 Å². The van der Waals surface area contributed by atoms with E-state index in [0.717, 1.165) is 12.8 Å². The summed E-state index contributed by atoms with van der Waals surface area (Å²) in [6.45, 7) is 2.66. The molecule has 0 N–H and O–H groups in total. The predicted molar refractivity (Wildman–Crippen MR) is 116 cm³/mol. The highest BCUT2D eigenvalue weighted by Gasteiger charge is 2.27. The Kier molecular flexibility index (Phi) is 7.20. The monoisotopic (exact) mass is 462 g/mol. The number of halogens is 1. The average molecular weight is 463 g/mol. The third kappa shape index (κ3) is 5.35. The summed E-state index contributed by atoms with van der Waals surface area (Å²) in [4.78, 5) is 15.1. The van der Waals surface area contributed by atoms with Crippen LogP contribution in [0.4, 0.5) is 4.39 Å². The van der Waals surface area contributed by atoms with E-state index >= 15 is 0 Å². The number of benzene rings is 2. The maximum atomic E-state index is 13.7. The van der Waals surface area contributed by atoms with Crippen molar-refractivity contribution < 1.29 is 27.1 Å². The Bertz CT molecular complexity index is 1030. The van der Waals surface area contributed by atoms with Crippen LogP contribution < -0.4 is 0 Å². The summed E-state index contributed by atoms with van der Waals surface area (Å²) in [5.41, 5.74) is 1.06. The second kappa shape index (κ2) is 10.1. The number of sulfonamides is 1. The van der Waals surface area contributed by atoms with Crippen LogP contribution in [0.2, 0.25) is 0 Å². The highest BCUT2D eigenvalue weighted by atomic mass is 32.2. The molecule has 2 aromatic rings. The Labute approximate surface area is 187 Å². The molecule has 1 amide bonds. The van der Waals surface area contributed by atoms with Crippen LogP contribution in [0.25, 0.3) is 0 Å². The predicted octanol–water partition coefficient (Wildman–Crippen LogP) is 2.67. The Hall–Kier alpha value is -2.33. The van der Waals surface area contributed by atoms with Crippen LogP contribution in [0.3, 0.4) is 0 Å². The van der Waals surface area contributed by atoms with Crippen molar-refractivity contribution in [3.63, 3.8) is 0 Å². The smallest absolute Gasteiger partial charge is 0.254 e. The van der Waals surface area contributed by atoms with E-state index in [4.69, 9.17) is 9.47 Å². The van der Waals surface area contributed by atoms with Crippen molar-refractivity contribution in [2.24, 2.45) is 0 Å². The minimum absolute atomic E-state index is 0.0616. The van der Waals surface area contributed by atoms with Crippen molar-refractivity contribution in [2.75, 3.05) is 39.5 Å². The molecule has 1 unspecified atom stereocenters. The maximum absolute atomic E-state index is 13.7. The highest BCUT2D eigenvalue weighted by molar-refractivity contribution is 7.89. The average Bonchev–Trinajstić information content (AvgIpc) is 3.32. The Balaban J connectivity index is 1.53. The molecule has 172 valence electrons. The molecule has 2 heterocycles. The molecule has 0 radical (unpaired) electrons. The minimum atomic E-state index is -3.63.